The standard InChI is InChI=1S/C12H7Cl2F3N2O/c1-6-4-7(2-3-8(6)13)20-10-5-9(14)18-11(19-10)12(15,16)17/h2-5H,1H3. The Bertz CT molecular complexity index is 647. The number of nitrogens with zero attached hydrogens (tertiary/aromatic N) is 2. The number of aromatic nitrogens is 2. The molecule has 20 heavy (non-hydrogen) atoms. The molecular weight excluding hydrogens is 316 g/mol. The summed E-state index contributed by atoms with van der Waals surface area (Å²) in [7, 11) is 0. The SMILES string of the molecule is Cc1cc(Oc2cc(Cl)nc(C(F)(F)F)n2)ccc1Cl. The van der Waals surface area contributed by atoms with E-state index in [1.54, 1.807) is 19.1 Å². The molecule has 0 bridgehead atoms. The smallest absolute Gasteiger partial charge is 0.439 e. The predicted molar refractivity (Wildman–Crippen MR) is 68.3 cm³/mol. The Morgan fingerprint density at radius 1 is 1.10 bits per heavy atom. The minimum Gasteiger partial charge on any atom is -0.439 e. The third kappa shape index (κ3) is 3.52. The van der Waals surface area contributed by atoms with E-state index in [9.17, 15) is 13.2 Å². The summed E-state index contributed by atoms with van der Waals surface area (Å²) in [4.78, 5) is 6.38. The molecule has 1 aromatic heterocycles. The van der Waals surface area contributed by atoms with Crippen LogP contribution in [0.25, 0.3) is 0 Å². The van der Waals surface area contributed by atoms with Crippen LogP contribution in [0.15, 0.2) is 24.3 Å². The third-order valence-corrected chi connectivity index (χ3v) is 2.89. The maximum atomic E-state index is 12.5. The lowest BCUT2D eigenvalue weighted by Crippen LogP contribution is -2.11. The van der Waals surface area contributed by atoms with Gasteiger partial charge in [-0.2, -0.15) is 18.2 Å². The maximum absolute atomic E-state index is 12.5. The summed E-state index contributed by atoms with van der Waals surface area (Å²) in [6.07, 6.45) is -4.70. The maximum Gasteiger partial charge on any atom is 0.451 e. The van der Waals surface area contributed by atoms with Gasteiger partial charge in [-0.05, 0) is 30.7 Å². The molecule has 0 aliphatic carbocycles. The number of ether oxygens (including phenoxy) is 1. The van der Waals surface area contributed by atoms with E-state index in [1.807, 2.05) is 0 Å². The van der Waals surface area contributed by atoms with E-state index in [0.717, 1.165) is 11.6 Å². The molecule has 0 saturated heterocycles. The molecule has 8 heteroatoms. The van der Waals surface area contributed by atoms with Crippen molar-refractivity contribution in [3.8, 4) is 11.6 Å². The highest BCUT2D eigenvalue weighted by Crippen LogP contribution is 2.31. The lowest BCUT2D eigenvalue weighted by molar-refractivity contribution is -0.145. The second kappa shape index (κ2) is 5.46. The van der Waals surface area contributed by atoms with Gasteiger partial charge in [0.05, 0.1) is 0 Å². The summed E-state index contributed by atoms with van der Waals surface area (Å²) in [6.45, 7) is 1.74. The molecule has 1 heterocycles. The Balaban J connectivity index is 2.33. The van der Waals surface area contributed by atoms with Gasteiger partial charge in [-0.15, -0.1) is 0 Å². The van der Waals surface area contributed by atoms with E-state index in [4.69, 9.17) is 27.9 Å². The molecule has 0 amide bonds. The van der Waals surface area contributed by atoms with E-state index < -0.39 is 12.0 Å². The average Bonchev–Trinajstić information content (AvgIpc) is 2.32. The highest BCUT2D eigenvalue weighted by molar-refractivity contribution is 6.31. The predicted octanol–water partition coefficient (Wildman–Crippen LogP) is 4.90. The summed E-state index contributed by atoms with van der Waals surface area (Å²) in [5.74, 6) is -1.35. The van der Waals surface area contributed by atoms with Gasteiger partial charge in [0.15, 0.2) is 0 Å². The monoisotopic (exact) mass is 322 g/mol. The van der Waals surface area contributed by atoms with Crippen LogP contribution in [0.5, 0.6) is 11.6 Å². The highest BCUT2D eigenvalue weighted by Gasteiger charge is 2.35. The molecule has 2 aromatic rings. The van der Waals surface area contributed by atoms with E-state index in [1.165, 1.54) is 6.07 Å². The van der Waals surface area contributed by atoms with Gasteiger partial charge in [-0.25, -0.2) is 4.98 Å². The van der Waals surface area contributed by atoms with Gasteiger partial charge in [-0.1, -0.05) is 23.2 Å². The van der Waals surface area contributed by atoms with Gasteiger partial charge in [-0.3, -0.25) is 0 Å². The van der Waals surface area contributed by atoms with Crippen molar-refractivity contribution in [2.45, 2.75) is 13.1 Å². The molecule has 0 saturated carbocycles. The number of aryl methyl sites for hydroxylation is 1. The van der Waals surface area contributed by atoms with E-state index in [2.05, 4.69) is 9.97 Å². The summed E-state index contributed by atoms with van der Waals surface area (Å²) in [6, 6.07) is 5.75. The van der Waals surface area contributed by atoms with Crippen molar-refractivity contribution in [2.75, 3.05) is 0 Å². The van der Waals surface area contributed by atoms with Crippen LogP contribution in [0.3, 0.4) is 0 Å². The van der Waals surface area contributed by atoms with Gasteiger partial charge in [0.2, 0.25) is 11.7 Å². The quantitative estimate of drug-likeness (QED) is 0.737. The Kier molecular flexibility index (Phi) is 4.06. The van der Waals surface area contributed by atoms with Crippen LogP contribution in [-0.4, -0.2) is 9.97 Å². The number of halogens is 5. The first kappa shape index (κ1) is 14.9. The van der Waals surface area contributed by atoms with Crippen LogP contribution in [-0.2, 0) is 6.18 Å². The Morgan fingerprint density at radius 3 is 2.40 bits per heavy atom. The highest BCUT2D eigenvalue weighted by atomic mass is 35.5. The second-order valence-electron chi connectivity index (χ2n) is 3.86. The second-order valence-corrected chi connectivity index (χ2v) is 4.66. The Hall–Kier alpha value is -1.53. The molecule has 0 aliphatic heterocycles. The van der Waals surface area contributed by atoms with Crippen molar-refractivity contribution in [2.24, 2.45) is 0 Å². The molecule has 0 aliphatic rings. The molecule has 0 spiro atoms. The summed E-state index contributed by atoms with van der Waals surface area (Å²) in [5, 5.41) is 0.169. The molecule has 1 aromatic carbocycles. The molecule has 3 nitrogen and oxygen atoms in total. The van der Waals surface area contributed by atoms with Crippen molar-refractivity contribution in [3.63, 3.8) is 0 Å². The summed E-state index contributed by atoms with van der Waals surface area (Å²) >= 11 is 11.4. The Morgan fingerprint density at radius 2 is 1.80 bits per heavy atom. The van der Waals surface area contributed by atoms with Gasteiger partial charge in [0.25, 0.3) is 0 Å². The van der Waals surface area contributed by atoms with E-state index in [-0.39, 0.29) is 11.0 Å². The first-order valence-corrected chi connectivity index (χ1v) is 6.07. The molecule has 106 valence electrons. The van der Waals surface area contributed by atoms with E-state index >= 15 is 0 Å². The van der Waals surface area contributed by atoms with Gasteiger partial charge >= 0.3 is 6.18 Å². The summed E-state index contributed by atoms with van der Waals surface area (Å²) in [5.41, 5.74) is 0.723. The third-order valence-electron chi connectivity index (χ3n) is 2.28. The number of hydrogen-bond donors (Lipinski definition) is 0. The number of hydrogen-bond acceptors (Lipinski definition) is 3. The molecule has 2 rings (SSSR count). The van der Waals surface area contributed by atoms with Crippen LogP contribution in [0.1, 0.15) is 11.4 Å². The van der Waals surface area contributed by atoms with Crippen molar-refractivity contribution < 1.29 is 17.9 Å². The topological polar surface area (TPSA) is 35.0 Å². The molecule has 0 unspecified atom stereocenters. The van der Waals surface area contributed by atoms with Crippen molar-refractivity contribution in [3.05, 3.63) is 45.8 Å². The van der Waals surface area contributed by atoms with Crippen LogP contribution >= 0.6 is 23.2 Å². The molecule has 0 fully saturated rings. The molecule has 0 N–H and O–H groups in total. The van der Waals surface area contributed by atoms with Crippen LogP contribution in [0.2, 0.25) is 10.2 Å². The van der Waals surface area contributed by atoms with Crippen LogP contribution < -0.4 is 4.74 Å². The van der Waals surface area contributed by atoms with Gasteiger partial charge in [0.1, 0.15) is 10.9 Å². The van der Waals surface area contributed by atoms with Gasteiger partial charge in [0, 0.05) is 11.1 Å². The summed E-state index contributed by atoms with van der Waals surface area (Å²) < 4.78 is 42.9. The van der Waals surface area contributed by atoms with Crippen LogP contribution in [0.4, 0.5) is 13.2 Å². The lowest BCUT2D eigenvalue weighted by Gasteiger charge is -2.09. The number of benzene rings is 1. The van der Waals surface area contributed by atoms with E-state index in [0.29, 0.717) is 10.8 Å². The Labute approximate surface area is 122 Å². The lowest BCUT2D eigenvalue weighted by atomic mass is 10.2. The normalized spacial score (nSPS) is 11.5. The minimum atomic E-state index is -4.70. The molecular formula is C12H7Cl2F3N2O. The van der Waals surface area contributed by atoms with Crippen LogP contribution in [0, 0.1) is 6.92 Å². The minimum absolute atomic E-state index is 0.293. The number of alkyl halides is 3. The first-order valence-electron chi connectivity index (χ1n) is 5.31. The fourth-order valence-corrected chi connectivity index (χ4v) is 1.67. The molecule has 0 atom stereocenters. The fourth-order valence-electron chi connectivity index (χ4n) is 1.38. The zero-order valence-electron chi connectivity index (χ0n) is 10.0. The largest absolute Gasteiger partial charge is 0.451 e. The average molecular weight is 323 g/mol. The van der Waals surface area contributed by atoms with Crippen molar-refractivity contribution >= 4 is 23.2 Å². The fraction of sp³-hybridized carbons (Fsp3) is 0.167. The number of rotatable bonds is 2. The zero-order valence-corrected chi connectivity index (χ0v) is 11.5. The van der Waals surface area contributed by atoms with Crippen molar-refractivity contribution in [1.82, 2.24) is 9.97 Å². The molecule has 0 radical (unpaired) electrons. The van der Waals surface area contributed by atoms with Gasteiger partial charge < -0.3 is 4.74 Å². The van der Waals surface area contributed by atoms with Crippen molar-refractivity contribution in [1.29, 1.82) is 0 Å². The first-order chi connectivity index (χ1) is 9.25. The zero-order chi connectivity index (χ0) is 14.9.